The number of hydrogen-bond donors (Lipinski definition) is 1. The van der Waals surface area contributed by atoms with Crippen LogP contribution in [0.5, 0.6) is 0 Å². The van der Waals surface area contributed by atoms with Gasteiger partial charge in [-0.25, -0.2) is 0 Å². The Hall–Kier alpha value is -2.50. The van der Waals surface area contributed by atoms with Gasteiger partial charge in [0.15, 0.2) is 6.61 Å². The predicted molar refractivity (Wildman–Crippen MR) is 92.8 cm³/mol. The largest absolute Gasteiger partial charge is 0.456 e. The third-order valence-electron chi connectivity index (χ3n) is 5.59. The van der Waals surface area contributed by atoms with Crippen LogP contribution in [0.1, 0.15) is 51.9 Å². The SMILES string of the molecule is C[C@@H]1CC(=O)[C@@H](CC(=O)OCC(=O)NC2(C#N)CCCCC2)[C@@H]1C[N+](=O)[O-]. The molecule has 148 valence electrons. The van der Waals surface area contributed by atoms with E-state index < -0.39 is 40.8 Å². The molecule has 2 aliphatic rings. The van der Waals surface area contributed by atoms with Gasteiger partial charge in [0.25, 0.3) is 5.91 Å². The van der Waals surface area contributed by atoms with Crippen molar-refractivity contribution in [1.82, 2.24) is 5.32 Å². The van der Waals surface area contributed by atoms with Gasteiger partial charge >= 0.3 is 5.97 Å². The zero-order valence-electron chi connectivity index (χ0n) is 15.4. The first-order valence-electron chi connectivity index (χ1n) is 9.29. The van der Waals surface area contributed by atoms with Gasteiger partial charge in [0.2, 0.25) is 6.54 Å². The summed E-state index contributed by atoms with van der Waals surface area (Å²) in [6.45, 7) is 0.866. The van der Waals surface area contributed by atoms with Gasteiger partial charge in [0, 0.05) is 23.2 Å². The Morgan fingerprint density at radius 2 is 2.04 bits per heavy atom. The Morgan fingerprint density at radius 3 is 2.63 bits per heavy atom. The number of Topliss-reactive ketones (excluding diaryl/α,β-unsaturated/α-hetero) is 1. The van der Waals surface area contributed by atoms with Gasteiger partial charge in [-0.1, -0.05) is 26.2 Å². The fraction of sp³-hybridized carbons (Fsp3) is 0.778. The zero-order valence-corrected chi connectivity index (χ0v) is 15.4. The molecule has 0 heterocycles. The maximum Gasteiger partial charge on any atom is 0.307 e. The lowest BCUT2D eigenvalue weighted by Gasteiger charge is -2.31. The summed E-state index contributed by atoms with van der Waals surface area (Å²) in [6, 6.07) is 2.15. The molecule has 9 nitrogen and oxygen atoms in total. The molecule has 0 saturated heterocycles. The number of ketones is 1. The van der Waals surface area contributed by atoms with E-state index in [0.29, 0.717) is 12.8 Å². The van der Waals surface area contributed by atoms with Gasteiger partial charge in [-0.2, -0.15) is 5.26 Å². The van der Waals surface area contributed by atoms with Crippen LogP contribution in [0.3, 0.4) is 0 Å². The Labute approximate surface area is 157 Å². The summed E-state index contributed by atoms with van der Waals surface area (Å²) in [5, 5.41) is 22.8. The second-order valence-corrected chi connectivity index (χ2v) is 7.60. The van der Waals surface area contributed by atoms with Gasteiger partial charge < -0.3 is 10.1 Å². The van der Waals surface area contributed by atoms with E-state index in [1.165, 1.54) is 0 Å². The van der Waals surface area contributed by atoms with Crippen LogP contribution in [0, 0.1) is 39.2 Å². The van der Waals surface area contributed by atoms with E-state index in [-0.39, 0.29) is 31.1 Å². The number of nitro groups is 1. The molecule has 0 radical (unpaired) electrons. The lowest BCUT2D eigenvalue weighted by atomic mass is 9.83. The van der Waals surface area contributed by atoms with E-state index in [1.54, 1.807) is 6.92 Å². The number of amides is 1. The molecule has 0 unspecified atom stereocenters. The number of esters is 1. The van der Waals surface area contributed by atoms with Gasteiger partial charge in [0.05, 0.1) is 12.5 Å². The first-order valence-corrected chi connectivity index (χ1v) is 9.29. The summed E-state index contributed by atoms with van der Waals surface area (Å²) < 4.78 is 4.95. The van der Waals surface area contributed by atoms with Crippen LogP contribution in [0.4, 0.5) is 0 Å². The maximum absolute atomic E-state index is 12.0. The molecular weight excluding hydrogens is 354 g/mol. The number of hydrogen-bond acceptors (Lipinski definition) is 7. The summed E-state index contributed by atoms with van der Waals surface area (Å²) in [7, 11) is 0. The van der Waals surface area contributed by atoms with Crippen molar-refractivity contribution in [2.75, 3.05) is 13.2 Å². The highest BCUT2D eigenvalue weighted by molar-refractivity contribution is 5.88. The molecule has 0 spiro atoms. The van der Waals surface area contributed by atoms with Crippen LogP contribution in [0.25, 0.3) is 0 Å². The molecule has 0 aromatic heterocycles. The average molecular weight is 379 g/mol. The Balaban J connectivity index is 1.84. The minimum absolute atomic E-state index is 0.161. The lowest BCUT2D eigenvalue weighted by Crippen LogP contribution is -2.50. The molecule has 27 heavy (non-hydrogen) atoms. The monoisotopic (exact) mass is 379 g/mol. The molecule has 0 aromatic carbocycles. The molecule has 0 aromatic rings. The van der Waals surface area contributed by atoms with Gasteiger partial charge in [0.1, 0.15) is 11.3 Å². The minimum Gasteiger partial charge on any atom is -0.456 e. The zero-order chi connectivity index (χ0) is 20.0. The molecule has 9 heteroatoms. The van der Waals surface area contributed by atoms with Gasteiger partial charge in [-0.15, -0.1) is 0 Å². The van der Waals surface area contributed by atoms with E-state index in [2.05, 4.69) is 11.4 Å². The smallest absolute Gasteiger partial charge is 0.307 e. The number of carbonyl (C=O) groups excluding carboxylic acids is 3. The first-order chi connectivity index (χ1) is 12.8. The number of ether oxygens (including phenoxy) is 1. The second kappa shape index (κ2) is 8.93. The number of carbonyl (C=O) groups is 3. The van der Waals surface area contributed by atoms with Crippen LogP contribution in [-0.4, -0.2) is 41.3 Å². The van der Waals surface area contributed by atoms with Crippen LogP contribution in [0.2, 0.25) is 0 Å². The van der Waals surface area contributed by atoms with E-state index >= 15 is 0 Å². The van der Waals surface area contributed by atoms with Crippen molar-refractivity contribution in [2.45, 2.75) is 57.4 Å². The summed E-state index contributed by atoms with van der Waals surface area (Å²) >= 11 is 0. The first kappa shape index (κ1) is 20.8. The van der Waals surface area contributed by atoms with Gasteiger partial charge in [-0.05, 0) is 18.8 Å². The van der Waals surface area contributed by atoms with Crippen LogP contribution in [0.15, 0.2) is 0 Å². The highest BCUT2D eigenvalue weighted by Crippen LogP contribution is 2.36. The normalized spacial score (nSPS) is 26.8. The van der Waals surface area contributed by atoms with Crippen molar-refractivity contribution >= 4 is 17.7 Å². The number of rotatable bonds is 7. The molecule has 3 atom stereocenters. The van der Waals surface area contributed by atoms with E-state index in [4.69, 9.17) is 4.74 Å². The molecule has 1 amide bonds. The van der Waals surface area contributed by atoms with Crippen molar-refractivity contribution in [2.24, 2.45) is 17.8 Å². The highest BCUT2D eigenvalue weighted by Gasteiger charge is 2.44. The standard InChI is InChI=1S/C18H25N3O6/c1-12-7-15(22)13(14(12)9-21(25)26)8-17(24)27-10-16(23)20-18(11-19)5-3-2-4-6-18/h12-14H,2-10H2,1H3,(H,20,23)/t12-,13+,14-/m1/s1. The van der Waals surface area contributed by atoms with E-state index in [1.807, 2.05) is 0 Å². The highest BCUT2D eigenvalue weighted by atomic mass is 16.6. The lowest BCUT2D eigenvalue weighted by molar-refractivity contribution is -0.490. The summed E-state index contributed by atoms with van der Waals surface area (Å²) in [6.07, 6.45) is 3.81. The number of nitrogens with one attached hydrogen (secondary N) is 1. The quantitative estimate of drug-likeness (QED) is 0.400. The second-order valence-electron chi connectivity index (χ2n) is 7.60. The molecule has 2 fully saturated rings. The Bertz CT molecular complexity index is 650. The predicted octanol–water partition coefficient (Wildman–Crippen LogP) is 1.38. The van der Waals surface area contributed by atoms with Crippen molar-refractivity contribution < 1.29 is 24.0 Å². The summed E-state index contributed by atoms with van der Waals surface area (Å²) in [5.41, 5.74) is -0.907. The minimum atomic E-state index is -0.907. The third kappa shape index (κ3) is 5.49. The van der Waals surface area contributed by atoms with E-state index in [0.717, 1.165) is 19.3 Å². The molecule has 0 aliphatic heterocycles. The molecule has 0 bridgehead atoms. The molecular formula is C18H25N3O6. The molecule has 2 rings (SSSR count). The van der Waals surface area contributed by atoms with Gasteiger partial charge in [-0.3, -0.25) is 24.5 Å². The number of nitrogens with zero attached hydrogens (tertiary/aromatic N) is 2. The van der Waals surface area contributed by atoms with Crippen molar-refractivity contribution in [3.05, 3.63) is 10.1 Å². The topological polar surface area (TPSA) is 139 Å². The van der Waals surface area contributed by atoms with Crippen molar-refractivity contribution in [3.8, 4) is 6.07 Å². The van der Waals surface area contributed by atoms with Crippen LogP contribution < -0.4 is 5.32 Å². The number of nitriles is 1. The van der Waals surface area contributed by atoms with Crippen LogP contribution >= 0.6 is 0 Å². The Morgan fingerprint density at radius 1 is 1.37 bits per heavy atom. The Kier molecular flexibility index (Phi) is 6.88. The molecule has 1 N–H and O–H groups in total. The van der Waals surface area contributed by atoms with Crippen molar-refractivity contribution in [1.29, 1.82) is 5.26 Å². The van der Waals surface area contributed by atoms with E-state index in [9.17, 15) is 29.8 Å². The molecule has 2 aliphatic carbocycles. The molecule has 2 saturated carbocycles. The fourth-order valence-electron chi connectivity index (χ4n) is 4.11. The summed E-state index contributed by atoms with van der Waals surface area (Å²) in [5.74, 6) is -2.88. The summed E-state index contributed by atoms with van der Waals surface area (Å²) in [4.78, 5) is 46.5. The average Bonchev–Trinajstić information content (AvgIpc) is 2.87. The van der Waals surface area contributed by atoms with Crippen LogP contribution in [-0.2, 0) is 19.1 Å². The third-order valence-corrected chi connectivity index (χ3v) is 5.59. The maximum atomic E-state index is 12.0. The fourth-order valence-corrected chi connectivity index (χ4v) is 4.11. The van der Waals surface area contributed by atoms with Crippen molar-refractivity contribution in [3.63, 3.8) is 0 Å².